The van der Waals surface area contributed by atoms with Crippen molar-refractivity contribution in [3.05, 3.63) is 51.5 Å². The third-order valence-electron chi connectivity index (χ3n) is 4.05. The third-order valence-corrected chi connectivity index (χ3v) is 4.89. The van der Waals surface area contributed by atoms with E-state index in [2.05, 4.69) is 18.8 Å². The van der Waals surface area contributed by atoms with Crippen molar-refractivity contribution in [2.45, 2.75) is 39.2 Å². The Morgan fingerprint density at radius 1 is 1.33 bits per heavy atom. The lowest BCUT2D eigenvalue weighted by molar-refractivity contribution is 0.0745. The van der Waals surface area contributed by atoms with Gasteiger partial charge < -0.3 is 4.90 Å². The highest BCUT2D eigenvalue weighted by Gasteiger charge is 2.32. The molecule has 21 heavy (non-hydrogen) atoms. The van der Waals surface area contributed by atoms with Gasteiger partial charge in [-0.25, -0.2) is 4.98 Å². The third kappa shape index (κ3) is 3.32. The Labute approximate surface area is 129 Å². The number of nitrogens with zero attached hydrogens (tertiary/aromatic N) is 2. The van der Waals surface area contributed by atoms with Crippen LogP contribution < -0.4 is 0 Å². The molecule has 0 atom stereocenters. The number of benzene rings is 1. The van der Waals surface area contributed by atoms with Crippen molar-refractivity contribution in [1.29, 1.82) is 0 Å². The Bertz CT molecular complexity index is 632. The predicted molar refractivity (Wildman–Crippen MR) is 85.8 cm³/mol. The standard InChI is InChI=1S/C17H20N2OS/c1-12-3-4-14(11-13(12)2)17(20)19(15-5-6-15)9-7-16-18-8-10-21-16/h3-4,8,10-11,15H,5-7,9H2,1-2H3. The molecule has 1 aliphatic carbocycles. The summed E-state index contributed by atoms with van der Waals surface area (Å²) in [5.74, 6) is 0.164. The first-order chi connectivity index (χ1) is 10.1. The van der Waals surface area contributed by atoms with Crippen LogP contribution in [0.5, 0.6) is 0 Å². The molecule has 0 spiro atoms. The summed E-state index contributed by atoms with van der Waals surface area (Å²) >= 11 is 1.66. The molecule has 0 radical (unpaired) electrons. The van der Waals surface area contributed by atoms with Gasteiger partial charge in [0.1, 0.15) is 0 Å². The molecule has 2 aromatic rings. The average Bonchev–Trinajstić information content (AvgIpc) is 3.17. The molecule has 3 rings (SSSR count). The SMILES string of the molecule is Cc1ccc(C(=O)N(CCc2nccs2)C2CC2)cc1C. The second kappa shape index (κ2) is 5.98. The molecule has 1 fully saturated rings. The zero-order valence-electron chi connectivity index (χ0n) is 12.5. The summed E-state index contributed by atoms with van der Waals surface area (Å²) in [6.45, 7) is 4.90. The summed E-state index contributed by atoms with van der Waals surface area (Å²) in [5, 5.41) is 3.09. The molecule has 0 bridgehead atoms. The molecule has 1 heterocycles. The second-order valence-corrected chi connectivity index (χ2v) is 6.68. The fraction of sp³-hybridized carbons (Fsp3) is 0.412. The summed E-state index contributed by atoms with van der Waals surface area (Å²) in [5.41, 5.74) is 3.22. The molecule has 0 unspecified atom stereocenters. The van der Waals surface area contributed by atoms with Gasteiger partial charge in [0.2, 0.25) is 0 Å². The zero-order valence-corrected chi connectivity index (χ0v) is 13.3. The van der Waals surface area contributed by atoms with E-state index in [1.54, 1.807) is 11.3 Å². The van der Waals surface area contributed by atoms with Crippen LogP contribution in [-0.4, -0.2) is 28.4 Å². The number of hydrogen-bond acceptors (Lipinski definition) is 3. The van der Waals surface area contributed by atoms with Crippen molar-refractivity contribution in [3.63, 3.8) is 0 Å². The van der Waals surface area contributed by atoms with Crippen molar-refractivity contribution in [2.24, 2.45) is 0 Å². The van der Waals surface area contributed by atoms with Crippen LogP contribution in [-0.2, 0) is 6.42 Å². The van der Waals surface area contributed by atoms with Crippen LogP contribution in [0.25, 0.3) is 0 Å². The molecule has 1 amide bonds. The normalized spacial score (nSPS) is 14.2. The van der Waals surface area contributed by atoms with Gasteiger partial charge in [-0.1, -0.05) is 6.07 Å². The van der Waals surface area contributed by atoms with E-state index in [0.29, 0.717) is 6.04 Å². The van der Waals surface area contributed by atoms with Gasteiger partial charge in [-0.3, -0.25) is 4.79 Å². The summed E-state index contributed by atoms with van der Waals surface area (Å²) in [6.07, 6.45) is 4.94. The molecular formula is C17H20N2OS. The quantitative estimate of drug-likeness (QED) is 0.845. The van der Waals surface area contributed by atoms with Crippen LogP contribution in [0, 0.1) is 13.8 Å². The maximum absolute atomic E-state index is 12.8. The topological polar surface area (TPSA) is 33.2 Å². The van der Waals surface area contributed by atoms with Gasteiger partial charge in [-0.05, 0) is 49.9 Å². The van der Waals surface area contributed by atoms with Crippen LogP contribution >= 0.6 is 11.3 Å². The van der Waals surface area contributed by atoms with E-state index in [9.17, 15) is 4.79 Å². The number of rotatable bonds is 5. The minimum absolute atomic E-state index is 0.164. The lowest BCUT2D eigenvalue weighted by Crippen LogP contribution is -2.35. The van der Waals surface area contributed by atoms with E-state index in [-0.39, 0.29) is 5.91 Å². The number of aryl methyl sites for hydroxylation is 2. The van der Waals surface area contributed by atoms with Crippen LogP contribution in [0.1, 0.15) is 39.3 Å². The number of hydrogen-bond donors (Lipinski definition) is 0. The maximum atomic E-state index is 12.8. The monoisotopic (exact) mass is 300 g/mol. The highest BCUT2D eigenvalue weighted by Crippen LogP contribution is 2.29. The van der Waals surface area contributed by atoms with Crippen molar-refractivity contribution in [3.8, 4) is 0 Å². The number of thiazole rings is 1. The molecule has 1 aliphatic rings. The highest BCUT2D eigenvalue weighted by atomic mass is 32.1. The Kier molecular flexibility index (Phi) is 4.06. The largest absolute Gasteiger partial charge is 0.335 e. The second-order valence-electron chi connectivity index (χ2n) is 5.70. The van der Waals surface area contributed by atoms with Crippen LogP contribution in [0.15, 0.2) is 29.8 Å². The Morgan fingerprint density at radius 2 is 2.14 bits per heavy atom. The molecule has 3 nitrogen and oxygen atoms in total. The summed E-state index contributed by atoms with van der Waals surface area (Å²) in [4.78, 5) is 19.1. The first-order valence-electron chi connectivity index (χ1n) is 7.42. The van der Waals surface area contributed by atoms with Crippen molar-refractivity contribution < 1.29 is 4.79 Å². The van der Waals surface area contributed by atoms with Crippen LogP contribution in [0.3, 0.4) is 0 Å². The highest BCUT2D eigenvalue weighted by molar-refractivity contribution is 7.09. The van der Waals surface area contributed by atoms with E-state index in [4.69, 9.17) is 0 Å². The van der Waals surface area contributed by atoms with Crippen molar-refractivity contribution in [1.82, 2.24) is 9.88 Å². The van der Waals surface area contributed by atoms with Gasteiger partial charge in [0.25, 0.3) is 5.91 Å². The first-order valence-corrected chi connectivity index (χ1v) is 8.29. The lowest BCUT2D eigenvalue weighted by atomic mass is 10.1. The number of carbonyl (C=O) groups is 1. The van der Waals surface area contributed by atoms with Crippen molar-refractivity contribution >= 4 is 17.2 Å². The average molecular weight is 300 g/mol. The van der Waals surface area contributed by atoms with Crippen LogP contribution in [0.2, 0.25) is 0 Å². The van der Waals surface area contributed by atoms with Crippen molar-refractivity contribution in [2.75, 3.05) is 6.54 Å². The molecule has 1 aromatic heterocycles. The zero-order chi connectivity index (χ0) is 14.8. The summed E-state index contributed by atoms with van der Waals surface area (Å²) in [6, 6.07) is 6.42. The van der Waals surface area contributed by atoms with Gasteiger partial charge in [-0.2, -0.15) is 0 Å². The summed E-state index contributed by atoms with van der Waals surface area (Å²) < 4.78 is 0. The number of amides is 1. The first kappa shape index (κ1) is 14.3. The minimum atomic E-state index is 0.164. The van der Waals surface area contributed by atoms with Gasteiger partial charge in [-0.15, -0.1) is 11.3 Å². The molecule has 0 N–H and O–H groups in total. The fourth-order valence-electron chi connectivity index (χ4n) is 2.47. The van der Waals surface area contributed by atoms with Gasteiger partial charge in [0, 0.05) is 36.1 Å². The molecule has 0 saturated heterocycles. The molecule has 4 heteroatoms. The molecule has 1 saturated carbocycles. The molecule has 110 valence electrons. The predicted octanol–water partition coefficient (Wildman–Crippen LogP) is 3.61. The number of aromatic nitrogens is 1. The van der Waals surface area contributed by atoms with E-state index in [1.807, 2.05) is 34.7 Å². The Hall–Kier alpha value is -1.68. The van der Waals surface area contributed by atoms with Gasteiger partial charge in [0.05, 0.1) is 5.01 Å². The minimum Gasteiger partial charge on any atom is -0.335 e. The summed E-state index contributed by atoms with van der Waals surface area (Å²) in [7, 11) is 0. The Morgan fingerprint density at radius 3 is 2.76 bits per heavy atom. The van der Waals surface area contributed by atoms with E-state index in [0.717, 1.165) is 36.4 Å². The maximum Gasteiger partial charge on any atom is 0.254 e. The van der Waals surface area contributed by atoms with E-state index >= 15 is 0 Å². The lowest BCUT2D eigenvalue weighted by Gasteiger charge is -2.22. The number of carbonyl (C=O) groups excluding carboxylic acids is 1. The fourth-order valence-corrected chi connectivity index (χ4v) is 3.08. The smallest absolute Gasteiger partial charge is 0.254 e. The molecular weight excluding hydrogens is 280 g/mol. The molecule has 0 aliphatic heterocycles. The van der Waals surface area contributed by atoms with Gasteiger partial charge in [0.15, 0.2) is 0 Å². The molecule has 1 aromatic carbocycles. The van der Waals surface area contributed by atoms with E-state index < -0.39 is 0 Å². The van der Waals surface area contributed by atoms with E-state index in [1.165, 1.54) is 11.1 Å². The van der Waals surface area contributed by atoms with Crippen LogP contribution in [0.4, 0.5) is 0 Å². The Balaban J connectivity index is 1.73. The van der Waals surface area contributed by atoms with Gasteiger partial charge >= 0.3 is 0 Å².